The van der Waals surface area contributed by atoms with Gasteiger partial charge in [0.05, 0.1) is 17.7 Å². The summed E-state index contributed by atoms with van der Waals surface area (Å²) in [7, 11) is 0. The number of nitrogens with zero attached hydrogens (tertiary/aromatic N) is 1. The van der Waals surface area contributed by atoms with Crippen LogP contribution in [0.15, 0.2) is 24.3 Å². The van der Waals surface area contributed by atoms with E-state index < -0.39 is 12.7 Å². The van der Waals surface area contributed by atoms with E-state index in [4.69, 9.17) is 11.0 Å². The molecule has 1 aromatic carbocycles. The van der Waals surface area contributed by atoms with Gasteiger partial charge in [0.2, 0.25) is 0 Å². The SMILES string of the molecule is Cl.N#Cc1ccc(C(N)CF)cc1. The highest BCUT2D eigenvalue weighted by Crippen LogP contribution is 2.11. The lowest BCUT2D eigenvalue weighted by atomic mass is 10.1. The zero-order valence-electron chi connectivity index (χ0n) is 6.90. The Labute approximate surface area is 82.6 Å². The van der Waals surface area contributed by atoms with E-state index in [1.54, 1.807) is 24.3 Å². The summed E-state index contributed by atoms with van der Waals surface area (Å²) in [5.41, 5.74) is 6.71. The number of hydrogen-bond acceptors (Lipinski definition) is 2. The van der Waals surface area contributed by atoms with Crippen molar-refractivity contribution in [3.05, 3.63) is 35.4 Å². The Morgan fingerprint density at radius 3 is 2.31 bits per heavy atom. The second kappa shape index (κ2) is 5.52. The van der Waals surface area contributed by atoms with Gasteiger partial charge < -0.3 is 5.73 Å². The zero-order chi connectivity index (χ0) is 8.97. The topological polar surface area (TPSA) is 49.8 Å². The smallest absolute Gasteiger partial charge is 0.109 e. The van der Waals surface area contributed by atoms with Crippen molar-refractivity contribution in [2.24, 2.45) is 5.73 Å². The normalized spacial score (nSPS) is 11.2. The van der Waals surface area contributed by atoms with Gasteiger partial charge in [-0.25, -0.2) is 4.39 Å². The van der Waals surface area contributed by atoms with Crippen molar-refractivity contribution in [3.63, 3.8) is 0 Å². The molecule has 0 amide bonds. The fourth-order valence-corrected chi connectivity index (χ4v) is 0.894. The highest BCUT2D eigenvalue weighted by Gasteiger charge is 2.03. The highest BCUT2D eigenvalue weighted by molar-refractivity contribution is 5.85. The second-order valence-electron chi connectivity index (χ2n) is 2.49. The van der Waals surface area contributed by atoms with E-state index >= 15 is 0 Å². The lowest BCUT2D eigenvalue weighted by Crippen LogP contribution is -2.11. The Kier molecular flexibility index (Phi) is 5.05. The molecular weight excluding hydrogens is 191 g/mol. The summed E-state index contributed by atoms with van der Waals surface area (Å²) in [5, 5.41) is 8.47. The fourth-order valence-electron chi connectivity index (χ4n) is 0.894. The van der Waals surface area contributed by atoms with Crippen LogP contribution in [0, 0.1) is 11.3 Å². The van der Waals surface area contributed by atoms with Gasteiger partial charge in [0.15, 0.2) is 0 Å². The molecule has 0 aliphatic carbocycles. The molecule has 2 nitrogen and oxygen atoms in total. The average molecular weight is 201 g/mol. The van der Waals surface area contributed by atoms with Crippen LogP contribution in [-0.2, 0) is 0 Å². The molecule has 70 valence electrons. The van der Waals surface area contributed by atoms with Crippen LogP contribution in [0.4, 0.5) is 4.39 Å². The third kappa shape index (κ3) is 3.02. The molecule has 1 aromatic rings. The molecule has 0 aliphatic heterocycles. The third-order valence-electron chi connectivity index (χ3n) is 1.63. The predicted octanol–water partition coefficient (Wildman–Crippen LogP) is 1.95. The van der Waals surface area contributed by atoms with E-state index in [2.05, 4.69) is 0 Å². The Morgan fingerprint density at radius 2 is 1.92 bits per heavy atom. The lowest BCUT2D eigenvalue weighted by Gasteiger charge is -2.05. The maximum atomic E-state index is 12.1. The van der Waals surface area contributed by atoms with Crippen LogP contribution in [0.3, 0.4) is 0 Å². The number of rotatable bonds is 2. The minimum atomic E-state index is -0.577. The summed E-state index contributed by atoms with van der Waals surface area (Å²) in [4.78, 5) is 0. The number of benzene rings is 1. The van der Waals surface area contributed by atoms with Crippen LogP contribution < -0.4 is 5.73 Å². The molecule has 0 fully saturated rings. The lowest BCUT2D eigenvalue weighted by molar-refractivity contribution is 0.437. The van der Waals surface area contributed by atoms with Crippen molar-refractivity contribution in [2.75, 3.05) is 6.67 Å². The highest BCUT2D eigenvalue weighted by atomic mass is 35.5. The molecule has 0 saturated carbocycles. The zero-order valence-corrected chi connectivity index (χ0v) is 7.72. The van der Waals surface area contributed by atoms with E-state index in [1.165, 1.54) is 0 Å². The Bertz CT molecular complexity index is 291. The quantitative estimate of drug-likeness (QED) is 0.794. The van der Waals surface area contributed by atoms with Gasteiger partial charge in [-0.2, -0.15) is 5.26 Å². The minimum Gasteiger partial charge on any atom is -0.322 e. The van der Waals surface area contributed by atoms with Crippen molar-refractivity contribution in [1.29, 1.82) is 5.26 Å². The summed E-state index contributed by atoms with van der Waals surface area (Å²) < 4.78 is 12.1. The number of hydrogen-bond donors (Lipinski definition) is 1. The average Bonchev–Trinajstić information content (AvgIpc) is 2.17. The third-order valence-corrected chi connectivity index (χ3v) is 1.63. The van der Waals surface area contributed by atoms with Crippen molar-refractivity contribution in [2.45, 2.75) is 6.04 Å². The molecule has 0 bridgehead atoms. The van der Waals surface area contributed by atoms with Crippen LogP contribution in [0.25, 0.3) is 0 Å². The van der Waals surface area contributed by atoms with E-state index in [0.29, 0.717) is 5.56 Å². The van der Waals surface area contributed by atoms with Gasteiger partial charge in [-0.15, -0.1) is 12.4 Å². The van der Waals surface area contributed by atoms with Crippen LogP contribution >= 0.6 is 12.4 Å². The first-order valence-electron chi connectivity index (χ1n) is 3.59. The van der Waals surface area contributed by atoms with Crippen molar-refractivity contribution >= 4 is 12.4 Å². The van der Waals surface area contributed by atoms with Gasteiger partial charge in [0, 0.05) is 0 Å². The summed E-state index contributed by atoms with van der Waals surface area (Å²) >= 11 is 0. The minimum absolute atomic E-state index is 0. The van der Waals surface area contributed by atoms with Crippen molar-refractivity contribution in [1.82, 2.24) is 0 Å². The maximum absolute atomic E-state index is 12.1. The second-order valence-corrected chi connectivity index (χ2v) is 2.49. The molecule has 0 heterocycles. The fraction of sp³-hybridized carbons (Fsp3) is 0.222. The maximum Gasteiger partial charge on any atom is 0.109 e. The first-order chi connectivity index (χ1) is 5.77. The number of alkyl halides is 1. The molecular formula is C9H10ClFN2. The molecule has 13 heavy (non-hydrogen) atoms. The Morgan fingerprint density at radius 1 is 1.38 bits per heavy atom. The molecule has 0 aliphatic rings. The van der Waals surface area contributed by atoms with Gasteiger partial charge >= 0.3 is 0 Å². The van der Waals surface area contributed by atoms with Crippen molar-refractivity contribution < 1.29 is 4.39 Å². The largest absolute Gasteiger partial charge is 0.322 e. The van der Waals surface area contributed by atoms with Gasteiger partial charge in [-0.1, -0.05) is 12.1 Å². The first kappa shape index (κ1) is 11.9. The number of halogens is 2. The molecule has 0 spiro atoms. The molecule has 1 atom stereocenters. The number of nitriles is 1. The van der Waals surface area contributed by atoms with E-state index in [-0.39, 0.29) is 12.4 Å². The van der Waals surface area contributed by atoms with Gasteiger partial charge in [-0.05, 0) is 17.7 Å². The van der Waals surface area contributed by atoms with Crippen LogP contribution in [-0.4, -0.2) is 6.67 Å². The summed E-state index contributed by atoms with van der Waals surface area (Å²) in [6, 6.07) is 8.00. The first-order valence-corrected chi connectivity index (χ1v) is 3.59. The van der Waals surface area contributed by atoms with Crippen LogP contribution in [0.5, 0.6) is 0 Å². The molecule has 4 heteroatoms. The van der Waals surface area contributed by atoms with Crippen LogP contribution in [0.1, 0.15) is 17.2 Å². The molecule has 0 aromatic heterocycles. The van der Waals surface area contributed by atoms with Gasteiger partial charge in [0.1, 0.15) is 6.67 Å². The monoisotopic (exact) mass is 200 g/mol. The van der Waals surface area contributed by atoms with E-state index in [9.17, 15) is 4.39 Å². The number of nitrogens with two attached hydrogens (primary N) is 1. The van der Waals surface area contributed by atoms with Crippen molar-refractivity contribution in [3.8, 4) is 6.07 Å². The molecule has 0 radical (unpaired) electrons. The van der Waals surface area contributed by atoms with E-state index in [1.807, 2.05) is 6.07 Å². The molecule has 0 saturated heterocycles. The summed E-state index contributed by atoms with van der Waals surface area (Å²) in [6.07, 6.45) is 0. The van der Waals surface area contributed by atoms with Crippen LogP contribution in [0.2, 0.25) is 0 Å². The molecule has 1 unspecified atom stereocenters. The Hall–Kier alpha value is -1.11. The standard InChI is InChI=1S/C9H9FN2.ClH/c10-5-9(12)8-3-1-7(6-11)2-4-8;/h1-4,9H,5,12H2;1H. The van der Waals surface area contributed by atoms with Gasteiger partial charge in [-0.3, -0.25) is 0 Å². The molecule has 1 rings (SSSR count). The molecule has 2 N–H and O–H groups in total. The van der Waals surface area contributed by atoms with E-state index in [0.717, 1.165) is 5.56 Å². The predicted molar refractivity (Wildman–Crippen MR) is 51.3 cm³/mol. The van der Waals surface area contributed by atoms with Gasteiger partial charge in [0.25, 0.3) is 0 Å². The summed E-state index contributed by atoms with van der Waals surface area (Å²) in [6.45, 7) is -0.577. The summed E-state index contributed by atoms with van der Waals surface area (Å²) in [5.74, 6) is 0. The Balaban J connectivity index is 0.00000144.